The molecular formula is C34H42. The molecule has 0 saturated heterocycles. The maximum Gasteiger partial charge on any atom is 0.0255 e. The molecule has 34 heavy (non-hydrogen) atoms. The molecule has 0 bridgehead atoms. The molecule has 0 aliphatic carbocycles. The molecule has 0 nitrogen and oxygen atoms in total. The lowest BCUT2D eigenvalue weighted by molar-refractivity contribution is 0.638. The van der Waals surface area contributed by atoms with E-state index in [1.807, 2.05) is 0 Å². The molecule has 0 aromatic heterocycles. The SMILES string of the molecule is CCCCCCC/C=C/c1ccc(C#CC#Cc2ccc(/C=C/CCCCCCC)cc2)cc1. The summed E-state index contributed by atoms with van der Waals surface area (Å²) in [7, 11) is 0. The van der Waals surface area contributed by atoms with Crippen LogP contribution < -0.4 is 0 Å². The van der Waals surface area contributed by atoms with E-state index >= 15 is 0 Å². The third-order valence-corrected chi connectivity index (χ3v) is 5.87. The van der Waals surface area contributed by atoms with Crippen LogP contribution in [0, 0.1) is 23.7 Å². The Morgan fingerprint density at radius 1 is 0.500 bits per heavy atom. The van der Waals surface area contributed by atoms with E-state index in [0.29, 0.717) is 0 Å². The lowest BCUT2D eigenvalue weighted by atomic mass is 10.1. The van der Waals surface area contributed by atoms with Crippen LogP contribution in [0.4, 0.5) is 0 Å². The maximum atomic E-state index is 3.14. The summed E-state index contributed by atoms with van der Waals surface area (Å²) in [6, 6.07) is 16.8. The zero-order valence-corrected chi connectivity index (χ0v) is 21.4. The van der Waals surface area contributed by atoms with Crippen molar-refractivity contribution in [2.45, 2.75) is 90.9 Å². The molecule has 0 atom stereocenters. The molecule has 0 amide bonds. The van der Waals surface area contributed by atoms with Crippen LogP contribution in [-0.2, 0) is 0 Å². The molecule has 0 aliphatic rings. The van der Waals surface area contributed by atoms with Gasteiger partial charge < -0.3 is 0 Å². The van der Waals surface area contributed by atoms with E-state index in [1.54, 1.807) is 0 Å². The van der Waals surface area contributed by atoms with E-state index in [2.05, 4.69) is 110 Å². The van der Waals surface area contributed by atoms with Crippen molar-refractivity contribution in [3.63, 3.8) is 0 Å². The molecule has 0 fully saturated rings. The Morgan fingerprint density at radius 3 is 1.26 bits per heavy atom. The fourth-order valence-electron chi connectivity index (χ4n) is 3.73. The van der Waals surface area contributed by atoms with E-state index in [4.69, 9.17) is 0 Å². The monoisotopic (exact) mass is 450 g/mol. The molecule has 0 radical (unpaired) electrons. The lowest BCUT2D eigenvalue weighted by Crippen LogP contribution is -1.78. The maximum absolute atomic E-state index is 3.14. The van der Waals surface area contributed by atoms with E-state index in [9.17, 15) is 0 Å². The Labute approximate surface area is 209 Å². The van der Waals surface area contributed by atoms with E-state index in [0.717, 1.165) is 24.0 Å². The third kappa shape index (κ3) is 12.9. The first-order valence-corrected chi connectivity index (χ1v) is 13.4. The Hall–Kier alpha value is -2.96. The summed E-state index contributed by atoms with van der Waals surface area (Å²) < 4.78 is 0. The van der Waals surface area contributed by atoms with Crippen molar-refractivity contribution >= 4 is 12.2 Å². The third-order valence-electron chi connectivity index (χ3n) is 5.87. The summed E-state index contributed by atoms with van der Waals surface area (Å²) in [4.78, 5) is 0. The summed E-state index contributed by atoms with van der Waals surface area (Å²) in [6.45, 7) is 4.52. The van der Waals surface area contributed by atoms with E-state index in [1.165, 1.54) is 75.3 Å². The standard InChI is InChI=1S/C34H42/c1-3-5-7-9-11-13-15-19-31-23-27-33(28-24-31)21-17-18-22-34-29-25-32(26-30-34)20-16-14-12-10-8-6-4-2/h15-16,19-20,23-30H,3-14H2,1-2H3/b19-15+,20-16+. The first-order chi connectivity index (χ1) is 16.8. The van der Waals surface area contributed by atoms with Gasteiger partial charge in [-0.25, -0.2) is 0 Å². The minimum absolute atomic E-state index is 1.00. The first kappa shape index (κ1) is 27.3. The highest BCUT2D eigenvalue weighted by atomic mass is 14.0. The zero-order chi connectivity index (χ0) is 24.1. The van der Waals surface area contributed by atoms with Gasteiger partial charge in [0, 0.05) is 11.1 Å². The number of unbranched alkanes of at least 4 members (excludes halogenated alkanes) is 10. The van der Waals surface area contributed by atoms with Crippen LogP contribution in [0.15, 0.2) is 60.7 Å². The molecule has 178 valence electrons. The van der Waals surface area contributed by atoms with Gasteiger partial charge in [0.1, 0.15) is 0 Å². The van der Waals surface area contributed by atoms with Crippen molar-refractivity contribution < 1.29 is 0 Å². The minimum atomic E-state index is 1.00. The molecule has 0 heteroatoms. The van der Waals surface area contributed by atoms with Crippen LogP contribution in [0.3, 0.4) is 0 Å². The van der Waals surface area contributed by atoms with Gasteiger partial charge in [-0.1, -0.05) is 126 Å². The molecule has 0 unspecified atom stereocenters. The summed E-state index contributed by atoms with van der Waals surface area (Å²) in [5.41, 5.74) is 4.47. The Kier molecular flexibility index (Phi) is 14.8. The number of hydrogen-bond acceptors (Lipinski definition) is 0. The summed E-state index contributed by atoms with van der Waals surface area (Å²) >= 11 is 0. The van der Waals surface area contributed by atoms with Gasteiger partial charge in [0.05, 0.1) is 0 Å². The molecule has 2 aromatic carbocycles. The molecule has 0 spiro atoms. The summed E-state index contributed by atoms with van der Waals surface area (Å²) in [5.74, 6) is 12.2. The second-order valence-corrected chi connectivity index (χ2v) is 8.95. The molecule has 0 heterocycles. The summed E-state index contributed by atoms with van der Waals surface area (Å²) in [6.07, 6.45) is 24.6. The Morgan fingerprint density at radius 2 is 0.882 bits per heavy atom. The van der Waals surface area contributed by atoms with Gasteiger partial charge >= 0.3 is 0 Å². The van der Waals surface area contributed by atoms with Crippen molar-refractivity contribution in [1.29, 1.82) is 0 Å². The van der Waals surface area contributed by atoms with E-state index < -0.39 is 0 Å². The number of benzene rings is 2. The molecule has 0 N–H and O–H groups in total. The van der Waals surface area contributed by atoms with Crippen LogP contribution in [-0.4, -0.2) is 0 Å². The molecule has 0 saturated carbocycles. The largest absolute Gasteiger partial charge is 0.0839 e. The van der Waals surface area contributed by atoms with Crippen LogP contribution in [0.5, 0.6) is 0 Å². The van der Waals surface area contributed by atoms with Gasteiger partial charge in [-0.2, -0.15) is 0 Å². The normalized spacial score (nSPS) is 10.8. The van der Waals surface area contributed by atoms with Crippen molar-refractivity contribution in [1.82, 2.24) is 0 Å². The highest BCUT2D eigenvalue weighted by molar-refractivity contribution is 5.54. The van der Waals surface area contributed by atoms with Crippen LogP contribution >= 0.6 is 0 Å². The Bertz CT molecular complexity index is 879. The highest BCUT2D eigenvalue weighted by Gasteiger charge is 1.91. The minimum Gasteiger partial charge on any atom is -0.0839 e. The van der Waals surface area contributed by atoms with Crippen molar-refractivity contribution in [2.75, 3.05) is 0 Å². The number of allylic oxidation sites excluding steroid dienone is 2. The van der Waals surface area contributed by atoms with Gasteiger partial charge in [0.15, 0.2) is 0 Å². The van der Waals surface area contributed by atoms with Crippen molar-refractivity contribution in [3.05, 3.63) is 82.9 Å². The first-order valence-electron chi connectivity index (χ1n) is 13.4. The average molecular weight is 451 g/mol. The van der Waals surface area contributed by atoms with Gasteiger partial charge in [-0.15, -0.1) is 0 Å². The van der Waals surface area contributed by atoms with Crippen LogP contribution in [0.2, 0.25) is 0 Å². The predicted octanol–water partition coefficient (Wildman–Crippen LogP) is 9.84. The van der Waals surface area contributed by atoms with Gasteiger partial charge in [0.25, 0.3) is 0 Å². The van der Waals surface area contributed by atoms with Gasteiger partial charge in [-0.05, 0) is 72.9 Å². The van der Waals surface area contributed by atoms with Crippen LogP contribution in [0.25, 0.3) is 12.2 Å². The number of rotatable bonds is 14. The molecule has 2 aromatic rings. The number of hydrogen-bond donors (Lipinski definition) is 0. The van der Waals surface area contributed by atoms with Gasteiger partial charge in [-0.3, -0.25) is 0 Å². The second kappa shape index (κ2) is 18.5. The topological polar surface area (TPSA) is 0 Å². The molecule has 0 aliphatic heterocycles. The quantitative estimate of drug-likeness (QED) is 0.198. The zero-order valence-electron chi connectivity index (χ0n) is 21.4. The molecule has 2 rings (SSSR count). The second-order valence-electron chi connectivity index (χ2n) is 8.95. The van der Waals surface area contributed by atoms with Crippen LogP contribution in [0.1, 0.15) is 113 Å². The van der Waals surface area contributed by atoms with Gasteiger partial charge in [0.2, 0.25) is 0 Å². The average Bonchev–Trinajstić information content (AvgIpc) is 2.87. The molecular weight excluding hydrogens is 408 g/mol. The predicted molar refractivity (Wildman–Crippen MR) is 151 cm³/mol. The lowest BCUT2D eigenvalue weighted by Gasteiger charge is -1.97. The fraction of sp³-hybridized carbons (Fsp3) is 0.412. The van der Waals surface area contributed by atoms with Crippen molar-refractivity contribution in [2.24, 2.45) is 0 Å². The summed E-state index contributed by atoms with van der Waals surface area (Å²) in [5, 5.41) is 0. The fourth-order valence-corrected chi connectivity index (χ4v) is 3.73. The smallest absolute Gasteiger partial charge is 0.0255 e. The highest BCUT2D eigenvalue weighted by Crippen LogP contribution is 2.10. The Balaban J connectivity index is 1.73. The van der Waals surface area contributed by atoms with E-state index in [-0.39, 0.29) is 0 Å². The van der Waals surface area contributed by atoms with Crippen molar-refractivity contribution in [3.8, 4) is 23.7 Å².